The summed E-state index contributed by atoms with van der Waals surface area (Å²) in [5.41, 5.74) is 2.58. The Bertz CT molecular complexity index is 1350. The Morgan fingerprint density at radius 2 is 1.87 bits per heavy atom. The number of aromatic nitrogens is 2. The Hall–Kier alpha value is -3.72. The van der Waals surface area contributed by atoms with Gasteiger partial charge < -0.3 is 18.6 Å². The van der Waals surface area contributed by atoms with Gasteiger partial charge in [-0.2, -0.15) is 0 Å². The number of sulfonamides is 1. The monoisotopic (exact) mass is 437 g/mol. The number of rotatable bonds is 5. The normalized spacial score (nSPS) is 13.2. The van der Waals surface area contributed by atoms with Crippen LogP contribution in [0.15, 0.2) is 71.9 Å². The third-order valence-electron chi connectivity index (χ3n) is 4.93. The minimum Gasteiger partial charge on any atom is -0.495 e. The summed E-state index contributed by atoms with van der Waals surface area (Å²) < 4.78 is 47.0. The first-order valence-corrected chi connectivity index (χ1v) is 11.1. The molecular weight excluding hydrogens is 418 g/mol. The SMILES string of the molecule is COc1ccc(-c2cn3ccccc3n2)cc1NS(=O)(=O)c1ccc2c(c1)OCCO2. The maximum atomic E-state index is 13.1. The predicted molar refractivity (Wildman–Crippen MR) is 115 cm³/mol. The molecule has 0 amide bonds. The van der Waals surface area contributed by atoms with Crippen LogP contribution in [0.2, 0.25) is 0 Å². The lowest BCUT2D eigenvalue weighted by Gasteiger charge is -2.19. The highest BCUT2D eigenvalue weighted by Gasteiger charge is 2.21. The summed E-state index contributed by atoms with van der Waals surface area (Å²) in [7, 11) is -2.41. The summed E-state index contributed by atoms with van der Waals surface area (Å²) in [4.78, 5) is 4.66. The first-order valence-electron chi connectivity index (χ1n) is 9.58. The number of imidazole rings is 1. The van der Waals surface area contributed by atoms with E-state index in [1.807, 2.05) is 41.1 Å². The second kappa shape index (κ2) is 7.51. The fraction of sp³-hybridized carbons (Fsp3) is 0.136. The summed E-state index contributed by atoms with van der Waals surface area (Å²) in [6, 6.07) is 15.5. The van der Waals surface area contributed by atoms with Crippen molar-refractivity contribution < 1.29 is 22.6 Å². The average Bonchev–Trinajstić information content (AvgIpc) is 3.23. The van der Waals surface area contributed by atoms with Gasteiger partial charge in [0.1, 0.15) is 24.6 Å². The summed E-state index contributed by atoms with van der Waals surface area (Å²) in [6.45, 7) is 0.809. The number of hydrogen-bond acceptors (Lipinski definition) is 6. The minimum absolute atomic E-state index is 0.0666. The zero-order valence-electron chi connectivity index (χ0n) is 16.6. The van der Waals surface area contributed by atoms with Crippen molar-refractivity contribution in [1.82, 2.24) is 9.38 Å². The second-order valence-corrected chi connectivity index (χ2v) is 8.60. The molecule has 4 aromatic rings. The Morgan fingerprint density at radius 3 is 2.68 bits per heavy atom. The van der Waals surface area contributed by atoms with Crippen LogP contribution < -0.4 is 18.9 Å². The maximum absolute atomic E-state index is 13.1. The highest BCUT2D eigenvalue weighted by atomic mass is 32.2. The van der Waals surface area contributed by atoms with Gasteiger partial charge in [-0.25, -0.2) is 13.4 Å². The summed E-state index contributed by atoms with van der Waals surface area (Å²) in [5, 5.41) is 0. The van der Waals surface area contributed by atoms with Gasteiger partial charge in [0, 0.05) is 24.0 Å². The van der Waals surface area contributed by atoms with Crippen molar-refractivity contribution in [3.63, 3.8) is 0 Å². The molecule has 0 fully saturated rings. The number of methoxy groups -OCH3 is 1. The van der Waals surface area contributed by atoms with Crippen LogP contribution in [0.25, 0.3) is 16.9 Å². The molecule has 9 heteroatoms. The van der Waals surface area contributed by atoms with Gasteiger partial charge in [0.25, 0.3) is 10.0 Å². The zero-order chi connectivity index (χ0) is 21.4. The fourth-order valence-corrected chi connectivity index (χ4v) is 4.49. The molecule has 0 atom stereocenters. The van der Waals surface area contributed by atoms with Gasteiger partial charge in [0.15, 0.2) is 11.5 Å². The molecule has 2 aromatic heterocycles. The van der Waals surface area contributed by atoms with Gasteiger partial charge in [-0.15, -0.1) is 0 Å². The van der Waals surface area contributed by atoms with Crippen molar-refractivity contribution in [3.05, 3.63) is 67.0 Å². The summed E-state index contributed by atoms with van der Waals surface area (Å²) in [6.07, 6.45) is 3.79. The molecular formula is C22H19N3O5S. The molecule has 0 saturated heterocycles. The van der Waals surface area contributed by atoms with E-state index in [1.54, 1.807) is 18.2 Å². The van der Waals surface area contributed by atoms with Gasteiger partial charge in [0.2, 0.25) is 0 Å². The third kappa shape index (κ3) is 3.64. The van der Waals surface area contributed by atoms with Crippen LogP contribution >= 0.6 is 0 Å². The van der Waals surface area contributed by atoms with Crippen molar-refractivity contribution in [3.8, 4) is 28.5 Å². The highest BCUT2D eigenvalue weighted by molar-refractivity contribution is 7.92. The molecule has 2 aromatic carbocycles. The molecule has 0 aliphatic carbocycles. The average molecular weight is 437 g/mol. The molecule has 1 aliphatic rings. The molecule has 0 spiro atoms. The van der Waals surface area contributed by atoms with Crippen molar-refractivity contribution in [2.45, 2.75) is 4.90 Å². The lowest BCUT2D eigenvalue weighted by molar-refractivity contribution is 0.171. The molecule has 8 nitrogen and oxygen atoms in total. The van der Waals surface area contributed by atoms with Crippen molar-refractivity contribution in [2.75, 3.05) is 25.0 Å². The molecule has 0 bridgehead atoms. The van der Waals surface area contributed by atoms with Crippen molar-refractivity contribution in [2.24, 2.45) is 0 Å². The Morgan fingerprint density at radius 1 is 1.03 bits per heavy atom. The predicted octanol–water partition coefficient (Wildman–Crippen LogP) is 3.58. The minimum atomic E-state index is -3.89. The van der Waals surface area contributed by atoms with E-state index in [-0.39, 0.29) is 4.90 Å². The Kier molecular flexibility index (Phi) is 4.67. The number of nitrogens with one attached hydrogen (secondary N) is 1. The zero-order valence-corrected chi connectivity index (χ0v) is 17.4. The molecule has 1 aliphatic heterocycles. The van der Waals surface area contributed by atoms with Gasteiger partial charge in [-0.05, 0) is 42.5 Å². The van der Waals surface area contributed by atoms with E-state index in [9.17, 15) is 8.42 Å². The molecule has 3 heterocycles. The van der Waals surface area contributed by atoms with Crippen LogP contribution in [-0.2, 0) is 10.0 Å². The Balaban J connectivity index is 1.51. The number of nitrogens with zero attached hydrogens (tertiary/aromatic N) is 2. The lowest BCUT2D eigenvalue weighted by Crippen LogP contribution is -2.17. The van der Waals surface area contributed by atoms with Crippen LogP contribution in [-0.4, -0.2) is 38.1 Å². The van der Waals surface area contributed by atoms with Gasteiger partial charge in [-0.1, -0.05) is 6.07 Å². The van der Waals surface area contributed by atoms with Gasteiger partial charge in [0.05, 0.1) is 23.4 Å². The topological polar surface area (TPSA) is 91.2 Å². The van der Waals surface area contributed by atoms with E-state index in [4.69, 9.17) is 14.2 Å². The van der Waals surface area contributed by atoms with E-state index < -0.39 is 10.0 Å². The van der Waals surface area contributed by atoms with E-state index in [0.717, 1.165) is 11.2 Å². The number of pyridine rings is 1. The van der Waals surface area contributed by atoms with E-state index in [1.165, 1.54) is 19.2 Å². The number of hydrogen-bond donors (Lipinski definition) is 1. The van der Waals surface area contributed by atoms with Crippen LogP contribution in [0.4, 0.5) is 5.69 Å². The standard InChI is InChI=1S/C22H19N3O5S/c1-28-19-7-5-15(18-14-25-9-3-2-4-22(25)23-18)12-17(19)24-31(26,27)16-6-8-20-21(13-16)30-11-10-29-20/h2-9,12-14,24H,10-11H2,1H3. The first kappa shape index (κ1) is 19.3. The lowest BCUT2D eigenvalue weighted by atomic mass is 10.1. The van der Waals surface area contributed by atoms with Gasteiger partial charge in [-0.3, -0.25) is 4.72 Å². The highest BCUT2D eigenvalue weighted by Crippen LogP contribution is 2.35. The van der Waals surface area contributed by atoms with E-state index in [2.05, 4.69) is 9.71 Å². The van der Waals surface area contributed by atoms with Crippen LogP contribution in [0.1, 0.15) is 0 Å². The molecule has 158 valence electrons. The Labute approximate surface area is 179 Å². The molecule has 0 radical (unpaired) electrons. The van der Waals surface area contributed by atoms with Crippen molar-refractivity contribution in [1.29, 1.82) is 0 Å². The fourth-order valence-electron chi connectivity index (χ4n) is 3.42. The summed E-state index contributed by atoms with van der Waals surface area (Å²) in [5.74, 6) is 1.32. The number of anilines is 1. The number of benzene rings is 2. The first-order chi connectivity index (χ1) is 15.0. The number of ether oxygens (including phenoxy) is 3. The molecule has 1 N–H and O–H groups in total. The second-order valence-electron chi connectivity index (χ2n) is 6.92. The van der Waals surface area contributed by atoms with Crippen LogP contribution in [0.3, 0.4) is 0 Å². The molecule has 5 rings (SSSR count). The largest absolute Gasteiger partial charge is 0.495 e. The smallest absolute Gasteiger partial charge is 0.262 e. The van der Waals surface area contributed by atoms with Crippen LogP contribution in [0.5, 0.6) is 17.2 Å². The van der Waals surface area contributed by atoms with E-state index in [0.29, 0.717) is 41.8 Å². The van der Waals surface area contributed by atoms with Crippen molar-refractivity contribution >= 4 is 21.4 Å². The molecule has 31 heavy (non-hydrogen) atoms. The quantitative estimate of drug-likeness (QED) is 0.513. The molecule has 0 saturated carbocycles. The third-order valence-corrected chi connectivity index (χ3v) is 6.29. The number of fused-ring (bicyclic) bond motifs is 2. The van der Waals surface area contributed by atoms with Gasteiger partial charge >= 0.3 is 0 Å². The van der Waals surface area contributed by atoms with E-state index >= 15 is 0 Å². The maximum Gasteiger partial charge on any atom is 0.262 e. The summed E-state index contributed by atoms with van der Waals surface area (Å²) >= 11 is 0. The van der Waals surface area contributed by atoms with Crippen LogP contribution in [0, 0.1) is 0 Å². The molecule has 0 unspecified atom stereocenters.